The van der Waals surface area contributed by atoms with Gasteiger partial charge in [0.2, 0.25) is 0 Å². The van der Waals surface area contributed by atoms with Crippen LogP contribution in [0, 0.1) is 5.92 Å². The Hall–Kier alpha value is -1.39. The summed E-state index contributed by atoms with van der Waals surface area (Å²) in [5.41, 5.74) is 1.06. The second-order valence-corrected chi connectivity index (χ2v) is 4.54. The van der Waals surface area contributed by atoms with Gasteiger partial charge in [0.25, 0.3) is 0 Å². The number of ether oxygens (including phenoxy) is 1. The van der Waals surface area contributed by atoms with Crippen LogP contribution in [0.15, 0.2) is 30.3 Å². The van der Waals surface area contributed by atoms with E-state index < -0.39 is 18.0 Å². The van der Waals surface area contributed by atoms with Gasteiger partial charge in [-0.2, -0.15) is 0 Å². The molecule has 0 unspecified atom stereocenters. The van der Waals surface area contributed by atoms with E-state index in [0.717, 1.165) is 5.56 Å². The summed E-state index contributed by atoms with van der Waals surface area (Å²) in [5, 5.41) is 18.5. The minimum absolute atomic E-state index is 0.179. The van der Waals surface area contributed by atoms with E-state index in [1.165, 1.54) is 6.92 Å². The average molecular weight is 252 g/mol. The van der Waals surface area contributed by atoms with Crippen LogP contribution in [-0.2, 0) is 16.1 Å². The van der Waals surface area contributed by atoms with Crippen molar-refractivity contribution >= 4 is 5.97 Å². The van der Waals surface area contributed by atoms with Crippen molar-refractivity contribution in [2.75, 3.05) is 0 Å². The summed E-state index contributed by atoms with van der Waals surface area (Å²) >= 11 is 0. The lowest BCUT2D eigenvalue weighted by atomic mass is 10.00. The molecule has 100 valence electrons. The van der Waals surface area contributed by atoms with Gasteiger partial charge in [0.15, 0.2) is 0 Å². The van der Waals surface area contributed by atoms with Crippen LogP contribution in [0.1, 0.15) is 25.8 Å². The summed E-state index contributed by atoms with van der Waals surface area (Å²) in [5.74, 6) is -1.76. The predicted octanol–water partition coefficient (Wildman–Crippen LogP) is 2.06. The van der Waals surface area contributed by atoms with Crippen molar-refractivity contribution in [3.63, 3.8) is 0 Å². The van der Waals surface area contributed by atoms with Crippen molar-refractivity contribution in [1.82, 2.24) is 0 Å². The molecule has 0 saturated carbocycles. The molecule has 3 atom stereocenters. The van der Waals surface area contributed by atoms with Crippen LogP contribution < -0.4 is 0 Å². The summed E-state index contributed by atoms with van der Waals surface area (Å²) in [6, 6.07) is 9.73. The number of hydrogen-bond acceptors (Lipinski definition) is 3. The largest absolute Gasteiger partial charge is 0.481 e. The Morgan fingerprint density at radius 2 is 1.89 bits per heavy atom. The van der Waals surface area contributed by atoms with E-state index in [2.05, 4.69) is 0 Å². The first-order valence-corrected chi connectivity index (χ1v) is 6.07. The third-order valence-electron chi connectivity index (χ3n) is 2.92. The molecular formula is C14H20O4. The van der Waals surface area contributed by atoms with Crippen molar-refractivity contribution in [3.05, 3.63) is 35.9 Å². The molecule has 0 fully saturated rings. The first kappa shape index (κ1) is 14.7. The number of benzene rings is 1. The van der Waals surface area contributed by atoms with Gasteiger partial charge < -0.3 is 14.9 Å². The highest BCUT2D eigenvalue weighted by atomic mass is 16.5. The van der Waals surface area contributed by atoms with Crippen molar-refractivity contribution in [1.29, 1.82) is 0 Å². The van der Waals surface area contributed by atoms with Crippen LogP contribution in [0.25, 0.3) is 0 Å². The minimum Gasteiger partial charge on any atom is -0.481 e. The van der Waals surface area contributed by atoms with Gasteiger partial charge in [-0.1, -0.05) is 30.3 Å². The SMILES string of the molecule is C[C@H](C[C@H](O)[C@H](C)C(=O)O)OCc1ccccc1. The smallest absolute Gasteiger partial charge is 0.308 e. The second kappa shape index (κ2) is 7.13. The highest BCUT2D eigenvalue weighted by molar-refractivity contribution is 5.70. The van der Waals surface area contributed by atoms with E-state index in [4.69, 9.17) is 9.84 Å². The Morgan fingerprint density at radius 3 is 2.44 bits per heavy atom. The standard InChI is InChI=1S/C14H20O4/c1-10(8-13(15)11(2)14(16)17)18-9-12-6-4-3-5-7-12/h3-7,10-11,13,15H,8-9H2,1-2H3,(H,16,17)/t10-,11+,13+/m1/s1. The van der Waals surface area contributed by atoms with Crippen LogP contribution in [0.4, 0.5) is 0 Å². The molecule has 0 amide bonds. The quantitative estimate of drug-likeness (QED) is 0.779. The molecule has 18 heavy (non-hydrogen) atoms. The average Bonchev–Trinajstić information content (AvgIpc) is 2.36. The van der Waals surface area contributed by atoms with Crippen LogP contribution in [0.5, 0.6) is 0 Å². The van der Waals surface area contributed by atoms with Gasteiger partial charge in [-0.3, -0.25) is 4.79 Å². The first-order valence-electron chi connectivity index (χ1n) is 6.07. The van der Waals surface area contributed by atoms with E-state index in [1.807, 2.05) is 37.3 Å². The van der Waals surface area contributed by atoms with Gasteiger partial charge in [0.05, 0.1) is 24.7 Å². The number of aliphatic hydroxyl groups excluding tert-OH is 1. The predicted molar refractivity (Wildman–Crippen MR) is 68.1 cm³/mol. The number of hydrogen-bond donors (Lipinski definition) is 2. The fourth-order valence-corrected chi connectivity index (χ4v) is 1.59. The van der Waals surface area contributed by atoms with E-state index in [1.54, 1.807) is 0 Å². The second-order valence-electron chi connectivity index (χ2n) is 4.54. The molecule has 0 aromatic heterocycles. The molecule has 0 radical (unpaired) electrons. The molecule has 1 rings (SSSR count). The Kier molecular flexibility index (Phi) is 5.82. The van der Waals surface area contributed by atoms with Crippen molar-refractivity contribution in [2.45, 2.75) is 39.1 Å². The van der Waals surface area contributed by atoms with Crippen molar-refractivity contribution < 1.29 is 19.7 Å². The summed E-state index contributed by atoms with van der Waals surface area (Å²) in [4.78, 5) is 10.7. The molecule has 1 aromatic rings. The monoisotopic (exact) mass is 252 g/mol. The zero-order valence-corrected chi connectivity index (χ0v) is 10.7. The molecule has 0 spiro atoms. The maximum atomic E-state index is 10.7. The fourth-order valence-electron chi connectivity index (χ4n) is 1.59. The molecule has 0 saturated heterocycles. The molecule has 4 heteroatoms. The lowest BCUT2D eigenvalue weighted by Gasteiger charge is -2.19. The lowest BCUT2D eigenvalue weighted by molar-refractivity contribution is -0.145. The number of carbonyl (C=O) groups is 1. The van der Waals surface area contributed by atoms with Crippen molar-refractivity contribution in [2.24, 2.45) is 5.92 Å². The Labute approximate surface area is 107 Å². The van der Waals surface area contributed by atoms with Gasteiger partial charge in [0.1, 0.15) is 0 Å². The lowest BCUT2D eigenvalue weighted by Crippen LogP contribution is -2.29. The maximum absolute atomic E-state index is 10.7. The normalized spacial score (nSPS) is 15.9. The van der Waals surface area contributed by atoms with E-state index in [0.29, 0.717) is 13.0 Å². The van der Waals surface area contributed by atoms with Crippen LogP contribution in [-0.4, -0.2) is 28.4 Å². The fraction of sp³-hybridized carbons (Fsp3) is 0.500. The molecule has 4 nitrogen and oxygen atoms in total. The summed E-state index contributed by atoms with van der Waals surface area (Å²) in [7, 11) is 0. The molecular weight excluding hydrogens is 232 g/mol. The van der Waals surface area contributed by atoms with E-state index >= 15 is 0 Å². The zero-order valence-electron chi connectivity index (χ0n) is 10.7. The van der Waals surface area contributed by atoms with Gasteiger partial charge in [-0.25, -0.2) is 0 Å². The van der Waals surface area contributed by atoms with Gasteiger partial charge >= 0.3 is 5.97 Å². The van der Waals surface area contributed by atoms with Crippen LogP contribution in [0.2, 0.25) is 0 Å². The van der Waals surface area contributed by atoms with Gasteiger partial charge in [-0.15, -0.1) is 0 Å². The summed E-state index contributed by atoms with van der Waals surface area (Å²) in [6.07, 6.45) is -0.740. The summed E-state index contributed by atoms with van der Waals surface area (Å²) in [6.45, 7) is 3.80. The Morgan fingerprint density at radius 1 is 1.28 bits per heavy atom. The minimum atomic E-state index is -0.988. The molecule has 0 aliphatic heterocycles. The topological polar surface area (TPSA) is 66.8 Å². The first-order chi connectivity index (χ1) is 8.50. The highest BCUT2D eigenvalue weighted by Crippen LogP contribution is 2.13. The highest BCUT2D eigenvalue weighted by Gasteiger charge is 2.23. The number of carboxylic acids is 1. The molecule has 1 aromatic carbocycles. The number of aliphatic carboxylic acids is 1. The zero-order chi connectivity index (χ0) is 13.5. The van der Waals surface area contributed by atoms with Crippen LogP contribution >= 0.6 is 0 Å². The maximum Gasteiger partial charge on any atom is 0.308 e. The number of carboxylic acid groups (broad SMARTS) is 1. The molecule has 0 aliphatic carbocycles. The summed E-state index contributed by atoms with van der Waals surface area (Å²) < 4.78 is 5.58. The van der Waals surface area contributed by atoms with E-state index in [9.17, 15) is 9.90 Å². The molecule has 0 bridgehead atoms. The third kappa shape index (κ3) is 4.85. The number of rotatable bonds is 7. The van der Waals surface area contributed by atoms with Gasteiger partial charge in [-0.05, 0) is 19.4 Å². The van der Waals surface area contributed by atoms with Gasteiger partial charge in [0, 0.05) is 6.42 Å². The Bertz CT molecular complexity index is 363. The Balaban J connectivity index is 2.33. The van der Waals surface area contributed by atoms with Crippen molar-refractivity contribution in [3.8, 4) is 0 Å². The molecule has 0 aliphatic rings. The molecule has 0 heterocycles. The van der Waals surface area contributed by atoms with Crippen LogP contribution in [0.3, 0.4) is 0 Å². The van der Waals surface area contributed by atoms with E-state index in [-0.39, 0.29) is 6.10 Å². The molecule has 2 N–H and O–H groups in total. The number of aliphatic hydroxyl groups is 1. The third-order valence-corrected chi connectivity index (χ3v) is 2.92.